The number of ether oxygens (including phenoxy) is 1. The summed E-state index contributed by atoms with van der Waals surface area (Å²) in [6, 6.07) is 2.03. The van der Waals surface area contributed by atoms with Crippen molar-refractivity contribution in [2.24, 2.45) is 5.73 Å². The Kier molecular flexibility index (Phi) is 4.97. The third kappa shape index (κ3) is 2.99. The summed E-state index contributed by atoms with van der Waals surface area (Å²) >= 11 is 0. The van der Waals surface area contributed by atoms with Crippen molar-refractivity contribution in [1.29, 1.82) is 0 Å². The molecule has 0 fully saturated rings. The van der Waals surface area contributed by atoms with E-state index in [9.17, 15) is 0 Å². The molecule has 1 unspecified atom stereocenters. The summed E-state index contributed by atoms with van der Waals surface area (Å²) in [5, 5.41) is 8.86. The van der Waals surface area contributed by atoms with Crippen molar-refractivity contribution < 1.29 is 9.84 Å². The summed E-state index contributed by atoms with van der Waals surface area (Å²) in [6.45, 7) is 6.39. The van der Waals surface area contributed by atoms with E-state index in [4.69, 9.17) is 15.6 Å². The molecular formula is C14H23NO2. The first-order valence-electron chi connectivity index (χ1n) is 6.04. The van der Waals surface area contributed by atoms with Crippen molar-refractivity contribution in [2.45, 2.75) is 39.7 Å². The van der Waals surface area contributed by atoms with Crippen molar-refractivity contribution in [2.75, 3.05) is 13.7 Å². The molecule has 3 N–H and O–H groups in total. The zero-order valence-corrected chi connectivity index (χ0v) is 11.2. The van der Waals surface area contributed by atoms with Crippen LogP contribution >= 0.6 is 0 Å². The fourth-order valence-corrected chi connectivity index (χ4v) is 2.30. The summed E-state index contributed by atoms with van der Waals surface area (Å²) in [7, 11) is 1.69. The summed E-state index contributed by atoms with van der Waals surface area (Å²) in [5.74, 6) is 0.915. The Labute approximate surface area is 104 Å². The molecule has 1 aromatic carbocycles. The van der Waals surface area contributed by atoms with Gasteiger partial charge >= 0.3 is 0 Å². The standard InChI is InChI=1S/C14H23NO2/c1-9-8-13(17-4)10(2)11(3)14(9)12(15)6-5-7-16/h8,12,16H,5-7,15H2,1-4H3. The Morgan fingerprint density at radius 3 is 2.47 bits per heavy atom. The zero-order valence-electron chi connectivity index (χ0n) is 11.2. The van der Waals surface area contributed by atoms with Gasteiger partial charge in [-0.1, -0.05) is 0 Å². The number of hydrogen-bond acceptors (Lipinski definition) is 3. The summed E-state index contributed by atoms with van der Waals surface area (Å²) in [5.41, 5.74) is 10.9. The minimum atomic E-state index is -0.00763. The minimum Gasteiger partial charge on any atom is -0.496 e. The van der Waals surface area contributed by atoms with Gasteiger partial charge in [0.25, 0.3) is 0 Å². The van der Waals surface area contributed by atoms with Crippen molar-refractivity contribution in [3.05, 3.63) is 28.3 Å². The number of nitrogens with two attached hydrogens (primary N) is 1. The lowest BCUT2D eigenvalue weighted by Gasteiger charge is -2.20. The van der Waals surface area contributed by atoms with Crippen molar-refractivity contribution in [1.82, 2.24) is 0 Å². The number of aryl methyl sites for hydroxylation is 1. The molecule has 0 aliphatic heterocycles. The van der Waals surface area contributed by atoms with E-state index >= 15 is 0 Å². The van der Waals surface area contributed by atoms with Gasteiger partial charge in [-0.25, -0.2) is 0 Å². The lowest BCUT2D eigenvalue weighted by molar-refractivity contribution is 0.279. The number of hydrogen-bond donors (Lipinski definition) is 2. The highest BCUT2D eigenvalue weighted by Crippen LogP contribution is 2.31. The molecule has 0 saturated carbocycles. The lowest BCUT2D eigenvalue weighted by atomic mass is 9.90. The van der Waals surface area contributed by atoms with Crippen LogP contribution in [0.15, 0.2) is 6.07 Å². The van der Waals surface area contributed by atoms with Crippen LogP contribution in [0, 0.1) is 20.8 Å². The number of rotatable bonds is 5. The van der Waals surface area contributed by atoms with Crippen LogP contribution in [-0.4, -0.2) is 18.8 Å². The molecule has 3 heteroatoms. The molecule has 0 aliphatic rings. The van der Waals surface area contributed by atoms with Gasteiger partial charge in [0.2, 0.25) is 0 Å². The van der Waals surface area contributed by atoms with Crippen LogP contribution in [0.3, 0.4) is 0 Å². The monoisotopic (exact) mass is 237 g/mol. The first-order chi connectivity index (χ1) is 8.02. The fourth-order valence-electron chi connectivity index (χ4n) is 2.30. The Hall–Kier alpha value is -1.06. The molecule has 96 valence electrons. The average molecular weight is 237 g/mol. The van der Waals surface area contributed by atoms with Gasteiger partial charge in [-0.15, -0.1) is 0 Å². The van der Waals surface area contributed by atoms with E-state index in [0.29, 0.717) is 0 Å². The molecule has 1 atom stereocenters. The van der Waals surface area contributed by atoms with E-state index in [0.717, 1.165) is 29.7 Å². The average Bonchev–Trinajstić information content (AvgIpc) is 2.31. The van der Waals surface area contributed by atoms with Crippen LogP contribution in [0.4, 0.5) is 0 Å². The second-order valence-electron chi connectivity index (χ2n) is 4.53. The van der Waals surface area contributed by atoms with Gasteiger partial charge in [0.1, 0.15) is 5.75 Å². The van der Waals surface area contributed by atoms with E-state index < -0.39 is 0 Å². The van der Waals surface area contributed by atoms with Gasteiger partial charge in [-0.05, 0) is 61.9 Å². The van der Waals surface area contributed by atoms with Gasteiger partial charge in [0, 0.05) is 12.6 Å². The van der Waals surface area contributed by atoms with Crippen LogP contribution in [0.2, 0.25) is 0 Å². The molecular weight excluding hydrogens is 214 g/mol. The molecule has 0 aromatic heterocycles. The minimum absolute atomic E-state index is 0.00763. The lowest BCUT2D eigenvalue weighted by Crippen LogP contribution is -2.15. The van der Waals surface area contributed by atoms with Crippen LogP contribution in [0.5, 0.6) is 5.75 Å². The van der Waals surface area contributed by atoms with E-state index in [2.05, 4.69) is 20.8 Å². The number of methoxy groups -OCH3 is 1. The predicted molar refractivity (Wildman–Crippen MR) is 70.5 cm³/mol. The van der Waals surface area contributed by atoms with E-state index in [1.165, 1.54) is 11.1 Å². The van der Waals surface area contributed by atoms with Gasteiger partial charge < -0.3 is 15.6 Å². The van der Waals surface area contributed by atoms with Crippen molar-refractivity contribution in [3.63, 3.8) is 0 Å². The van der Waals surface area contributed by atoms with Crippen LogP contribution in [-0.2, 0) is 0 Å². The molecule has 3 nitrogen and oxygen atoms in total. The van der Waals surface area contributed by atoms with E-state index in [1.54, 1.807) is 7.11 Å². The molecule has 0 spiro atoms. The quantitative estimate of drug-likeness (QED) is 0.826. The van der Waals surface area contributed by atoms with E-state index in [-0.39, 0.29) is 12.6 Å². The fraction of sp³-hybridized carbons (Fsp3) is 0.571. The van der Waals surface area contributed by atoms with Crippen LogP contribution < -0.4 is 10.5 Å². The molecule has 0 radical (unpaired) electrons. The Morgan fingerprint density at radius 1 is 1.29 bits per heavy atom. The maximum Gasteiger partial charge on any atom is 0.122 e. The number of benzene rings is 1. The highest BCUT2D eigenvalue weighted by atomic mass is 16.5. The van der Waals surface area contributed by atoms with Gasteiger partial charge in [-0.2, -0.15) is 0 Å². The smallest absolute Gasteiger partial charge is 0.122 e. The molecule has 0 aliphatic carbocycles. The van der Waals surface area contributed by atoms with E-state index in [1.807, 2.05) is 6.07 Å². The summed E-state index contributed by atoms with van der Waals surface area (Å²) < 4.78 is 5.34. The molecule has 17 heavy (non-hydrogen) atoms. The topological polar surface area (TPSA) is 55.5 Å². The summed E-state index contributed by atoms with van der Waals surface area (Å²) in [6.07, 6.45) is 1.55. The Balaban J connectivity index is 3.11. The Bertz CT molecular complexity index is 388. The summed E-state index contributed by atoms with van der Waals surface area (Å²) in [4.78, 5) is 0. The Morgan fingerprint density at radius 2 is 1.94 bits per heavy atom. The van der Waals surface area contributed by atoms with Crippen molar-refractivity contribution in [3.8, 4) is 5.75 Å². The first-order valence-corrected chi connectivity index (χ1v) is 6.04. The zero-order chi connectivity index (χ0) is 13.0. The highest BCUT2D eigenvalue weighted by Gasteiger charge is 2.15. The van der Waals surface area contributed by atoms with Crippen LogP contribution in [0.25, 0.3) is 0 Å². The molecule has 1 rings (SSSR count). The van der Waals surface area contributed by atoms with Gasteiger partial charge in [-0.3, -0.25) is 0 Å². The molecule has 0 amide bonds. The second-order valence-corrected chi connectivity index (χ2v) is 4.53. The highest BCUT2D eigenvalue weighted by molar-refractivity contribution is 5.49. The van der Waals surface area contributed by atoms with Crippen molar-refractivity contribution >= 4 is 0 Å². The maximum atomic E-state index is 8.86. The molecule has 0 bridgehead atoms. The first kappa shape index (κ1) is 14.0. The molecule has 0 saturated heterocycles. The van der Waals surface area contributed by atoms with Gasteiger partial charge in [0.05, 0.1) is 7.11 Å². The van der Waals surface area contributed by atoms with Crippen LogP contribution in [0.1, 0.15) is 41.1 Å². The maximum absolute atomic E-state index is 8.86. The predicted octanol–water partition coefficient (Wildman–Crippen LogP) is 2.39. The van der Waals surface area contributed by atoms with Gasteiger partial charge in [0.15, 0.2) is 0 Å². The normalized spacial score (nSPS) is 12.6. The SMILES string of the molecule is COc1cc(C)c(C(N)CCCO)c(C)c1C. The second kappa shape index (κ2) is 6.03. The third-order valence-corrected chi connectivity index (χ3v) is 3.37. The number of aliphatic hydroxyl groups excluding tert-OH is 1. The third-order valence-electron chi connectivity index (χ3n) is 3.37. The largest absolute Gasteiger partial charge is 0.496 e. The molecule has 0 heterocycles. The number of aliphatic hydroxyl groups is 1. The molecule has 1 aromatic rings.